The summed E-state index contributed by atoms with van der Waals surface area (Å²) in [5.41, 5.74) is 0. The molecule has 0 spiro atoms. The van der Waals surface area contributed by atoms with Crippen LogP contribution in [0, 0.1) is 10.1 Å². The van der Waals surface area contributed by atoms with Crippen LogP contribution in [0.2, 0.25) is 0 Å². The molecule has 1 N–H and O–H groups in total. The second-order valence-electron chi connectivity index (χ2n) is 5.30. The molecule has 0 saturated carbocycles. The van der Waals surface area contributed by atoms with Gasteiger partial charge in [0.15, 0.2) is 6.10 Å². The molecule has 22 heavy (non-hydrogen) atoms. The fourth-order valence-electron chi connectivity index (χ4n) is 2.12. The summed E-state index contributed by atoms with van der Waals surface area (Å²) in [6.07, 6.45) is -0.656. The van der Waals surface area contributed by atoms with Crippen LogP contribution in [0.15, 0.2) is 42.5 Å². The van der Waals surface area contributed by atoms with E-state index in [0.717, 1.165) is 10.8 Å². The van der Waals surface area contributed by atoms with Gasteiger partial charge in [-0.2, -0.15) is 0 Å². The summed E-state index contributed by atoms with van der Waals surface area (Å²) in [4.78, 5) is 15.2. The monoisotopic (exact) mass is 304 g/mol. The van der Waals surface area contributed by atoms with Gasteiger partial charge in [0.2, 0.25) is 0 Å². The van der Waals surface area contributed by atoms with E-state index in [1.165, 1.54) is 0 Å². The number of nitrogens with zero attached hydrogens (tertiary/aromatic N) is 1. The molecule has 0 aromatic heterocycles. The van der Waals surface area contributed by atoms with Gasteiger partial charge >= 0.3 is 0 Å². The van der Waals surface area contributed by atoms with E-state index in [0.29, 0.717) is 12.3 Å². The summed E-state index contributed by atoms with van der Waals surface area (Å²) >= 11 is 0. The van der Waals surface area contributed by atoms with Gasteiger partial charge < -0.3 is 14.9 Å². The number of hydrogen-bond donors (Lipinski definition) is 1. The molecule has 0 aliphatic rings. The first kappa shape index (κ1) is 16.0. The highest BCUT2D eigenvalue weighted by molar-refractivity contribution is 5.88. The van der Waals surface area contributed by atoms with Gasteiger partial charge in [-0.1, -0.05) is 50.2 Å². The van der Waals surface area contributed by atoms with Gasteiger partial charge in [-0.3, -0.25) is 0 Å². The lowest BCUT2D eigenvalue weighted by atomic mass is 10.1. The maximum Gasteiger partial charge on any atom is 0.294 e. The minimum atomic E-state index is -0.779. The normalized spacial score (nSPS) is 12.3. The molecule has 1 atom stereocenters. The predicted molar refractivity (Wildman–Crippen MR) is 84.4 cm³/mol. The van der Waals surface area contributed by atoms with Crippen molar-refractivity contribution in [1.29, 1.82) is 0 Å². The average Bonchev–Trinajstić information content (AvgIpc) is 2.49. The fourth-order valence-corrected chi connectivity index (χ4v) is 2.12. The maximum absolute atomic E-state index is 10.6. The topological polar surface area (TPSA) is 73.6 Å². The van der Waals surface area contributed by atoms with Crippen molar-refractivity contribution in [1.82, 2.24) is 5.32 Å². The van der Waals surface area contributed by atoms with Gasteiger partial charge in [0, 0.05) is 18.0 Å². The highest BCUT2D eigenvalue weighted by Gasteiger charge is 2.15. The quantitative estimate of drug-likeness (QED) is 0.599. The van der Waals surface area contributed by atoms with Crippen molar-refractivity contribution in [3.05, 3.63) is 52.6 Å². The highest BCUT2D eigenvalue weighted by Crippen LogP contribution is 2.25. The molecule has 1 unspecified atom stereocenters. The van der Waals surface area contributed by atoms with Crippen molar-refractivity contribution in [2.45, 2.75) is 26.0 Å². The Morgan fingerprint density at radius 3 is 2.64 bits per heavy atom. The molecular weight excluding hydrogens is 284 g/mol. The Morgan fingerprint density at radius 2 is 1.91 bits per heavy atom. The summed E-state index contributed by atoms with van der Waals surface area (Å²) in [6.45, 7) is 4.39. The van der Waals surface area contributed by atoms with Gasteiger partial charge in [-0.05, 0) is 11.5 Å². The Balaban J connectivity index is 2.05. The van der Waals surface area contributed by atoms with Crippen molar-refractivity contribution in [3.63, 3.8) is 0 Å². The molecule has 118 valence electrons. The third kappa shape index (κ3) is 4.60. The molecule has 6 heteroatoms. The third-order valence-electron chi connectivity index (χ3n) is 3.16. The van der Waals surface area contributed by atoms with E-state index < -0.39 is 11.2 Å². The zero-order valence-corrected chi connectivity index (χ0v) is 12.7. The summed E-state index contributed by atoms with van der Waals surface area (Å²) in [6, 6.07) is 13.8. The van der Waals surface area contributed by atoms with Crippen LogP contribution in [0.4, 0.5) is 0 Å². The smallest absolute Gasteiger partial charge is 0.294 e. The predicted octanol–water partition coefficient (Wildman–Crippen LogP) is 2.79. The fraction of sp³-hybridized carbons (Fsp3) is 0.375. The first-order chi connectivity index (χ1) is 10.6. The molecule has 0 saturated heterocycles. The standard InChI is InChI=1S/C16H20N2O4/c1-12(2)17-10-14(22-18(19)20)11-21-16-9-5-7-13-6-3-4-8-15(13)16/h3-9,12,14,17H,10-11H2,1-2H3. The molecule has 0 aliphatic carbocycles. The molecule has 0 radical (unpaired) electrons. The van der Waals surface area contributed by atoms with Crippen LogP contribution in [-0.2, 0) is 4.84 Å². The molecule has 2 aromatic rings. The van der Waals surface area contributed by atoms with Crippen LogP contribution in [0.25, 0.3) is 10.8 Å². The summed E-state index contributed by atoms with van der Waals surface area (Å²) in [5.74, 6) is 0.694. The Kier molecular flexibility index (Phi) is 5.55. The largest absolute Gasteiger partial charge is 0.491 e. The second-order valence-corrected chi connectivity index (χ2v) is 5.30. The van der Waals surface area contributed by atoms with Crippen molar-refractivity contribution in [2.75, 3.05) is 13.2 Å². The van der Waals surface area contributed by atoms with Crippen LogP contribution in [0.3, 0.4) is 0 Å². The van der Waals surface area contributed by atoms with Crippen LogP contribution < -0.4 is 10.1 Å². The van der Waals surface area contributed by atoms with E-state index >= 15 is 0 Å². The third-order valence-corrected chi connectivity index (χ3v) is 3.16. The van der Waals surface area contributed by atoms with Gasteiger partial charge in [0.25, 0.3) is 5.09 Å². The molecule has 0 bridgehead atoms. The van der Waals surface area contributed by atoms with Gasteiger partial charge in [0.05, 0.1) is 0 Å². The van der Waals surface area contributed by atoms with Crippen molar-refractivity contribution in [2.24, 2.45) is 0 Å². The Morgan fingerprint density at radius 1 is 1.18 bits per heavy atom. The molecule has 6 nitrogen and oxygen atoms in total. The van der Waals surface area contributed by atoms with Crippen LogP contribution in [-0.4, -0.2) is 30.4 Å². The molecule has 0 amide bonds. The number of ether oxygens (including phenoxy) is 1. The molecule has 2 rings (SSSR count). The minimum absolute atomic E-state index is 0.106. The van der Waals surface area contributed by atoms with Gasteiger partial charge in [-0.15, -0.1) is 10.1 Å². The summed E-state index contributed by atoms with van der Waals surface area (Å²) < 4.78 is 5.75. The molecule has 2 aromatic carbocycles. The number of benzene rings is 2. The van der Waals surface area contributed by atoms with E-state index in [4.69, 9.17) is 4.74 Å². The highest BCUT2D eigenvalue weighted by atomic mass is 17.0. The number of fused-ring (bicyclic) bond motifs is 1. The Bertz CT molecular complexity index is 625. The summed E-state index contributed by atoms with van der Waals surface area (Å²) in [5, 5.41) is 15.0. The van der Waals surface area contributed by atoms with E-state index in [1.54, 1.807) is 0 Å². The van der Waals surface area contributed by atoms with Crippen molar-refractivity contribution in [3.8, 4) is 5.75 Å². The molecule has 0 heterocycles. The minimum Gasteiger partial charge on any atom is -0.491 e. The number of rotatable bonds is 8. The summed E-state index contributed by atoms with van der Waals surface area (Å²) in [7, 11) is 0. The van der Waals surface area contributed by atoms with Crippen LogP contribution in [0.5, 0.6) is 5.75 Å². The average molecular weight is 304 g/mol. The first-order valence-electron chi connectivity index (χ1n) is 7.21. The van der Waals surface area contributed by atoms with Crippen molar-refractivity contribution < 1.29 is 14.7 Å². The van der Waals surface area contributed by atoms with Gasteiger partial charge in [0.1, 0.15) is 12.4 Å². The molecule has 0 aliphatic heterocycles. The first-order valence-corrected chi connectivity index (χ1v) is 7.21. The molecule has 0 fully saturated rings. The second kappa shape index (κ2) is 7.61. The van der Waals surface area contributed by atoms with Gasteiger partial charge in [-0.25, -0.2) is 0 Å². The van der Waals surface area contributed by atoms with E-state index in [1.807, 2.05) is 56.3 Å². The zero-order chi connectivity index (χ0) is 15.9. The SMILES string of the molecule is CC(C)NCC(COc1cccc2ccccc12)O[N+](=O)[O-]. The zero-order valence-electron chi connectivity index (χ0n) is 12.7. The lowest BCUT2D eigenvalue weighted by molar-refractivity contribution is -0.768. The molecular formula is C16H20N2O4. The Labute approximate surface area is 129 Å². The lowest BCUT2D eigenvalue weighted by Gasteiger charge is -2.18. The maximum atomic E-state index is 10.6. The van der Waals surface area contributed by atoms with E-state index in [2.05, 4.69) is 10.2 Å². The van der Waals surface area contributed by atoms with E-state index in [9.17, 15) is 10.1 Å². The lowest BCUT2D eigenvalue weighted by Crippen LogP contribution is -2.38. The van der Waals surface area contributed by atoms with E-state index in [-0.39, 0.29) is 12.6 Å². The number of nitrogens with one attached hydrogen (secondary N) is 1. The van der Waals surface area contributed by atoms with Crippen molar-refractivity contribution >= 4 is 10.8 Å². The van der Waals surface area contributed by atoms with Crippen LogP contribution in [0.1, 0.15) is 13.8 Å². The van der Waals surface area contributed by atoms with Crippen LogP contribution >= 0.6 is 0 Å². The number of hydrogen-bond acceptors (Lipinski definition) is 5. The Hall–Kier alpha value is -2.34.